The number of nitrogens with one attached hydrogen (secondary N) is 1. The second kappa shape index (κ2) is 15.3. The zero-order chi connectivity index (χ0) is 27.3. The highest BCUT2D eigenvalue weighted by Gasteiger charge is 2.16. The Hall–Kier alpha value is -3.22. The number of nitrogens with two attached hydrogens (primary N) is 1. The zero-order valence-electron chi connectivity index (χ0n) is 22.0. The third-order valence-corrected chi connectivity index (χ3v) is 6.82. The lowest BCUT2D eigenvalue weighted by atomic mass is 10.1. The van der Waals surface area contributed by atoms with Gasteiger partial charge in [-0.2, -0.15) is 0 Å². The summed E-state index contributed by atoms with van der Waals surface area (Å²) in [6, 6.07) is 14.5. The number of nitrogen functional groups attached to an aromatic ring is 1. The maximum absolute atomic E-state index is 13.0. The van der Waals surface area contributed by atoms with Crippen molar-refractivity contribution < 1.29 is 23.2 Å². The third kappa shape index (κ3) is 8.40. The summed E-state index contributed by atoms with van der Waals surface area (Å²) >= 11 is 0. The largest absolute Gasteiger partial charge is 0.382 e. The van der Waals surface area contributed by atoms with Gasteiger partial charge in [0, 0.05) is 24.8 Å². The first kappa shape index (κ1) is 29.3. The smallest absolute Gasteiger partial charge is 0.278 e. The summed E-state index contributed by atoms with van der Waals surface area (Å²) in [6.07, 6.45) is 1.51. The van der Waals surface area contributed by atoms with Crippen LogP contribution in [-0.4, -0.2) is 71.0 Å². The van der Waals surface area contributed by atoms with Crippen LogP contribution in [0.25, 0.3) is 11.3 Å². The minimum absolute atomic E-state index is 0.0214. The minimum atomic E-state index is -1.35. The Morgan fingerprint density at radius 2 is 1.66 bits per heavy atom. The summed E-state index contributed by atoms with van der Waals surface area (Å²) in [5.74, 6) is -0.442. The summed E-state index contributed by atoms with van der Waals surface area (Å²) in [7, 11) is 0.423. The molecule has 1 amide bonds. The van der Waals surface area contributed by atoms with Crippen LogP contribution < -0.4 is 11.1 Å². The molecule has 3 N–H and O–H groups in total. The molecule has 0 fully saturated rings. The summed E-state index contributed by atoms with van der Waals surface area (Å²) < 4.78 is 31.3. The molecule has 2 aromatic carbocycles. The quantitative estimate of drug-likeness (QED) is 0.414. The number of carbonyl (C=O) groups excluding carboxylic acids is 1. The van der Waals surface area contributed by atoms with Crippen molar-refractivity contribution >= 4 is 28.4 Å². The van der Waals surface area contributed by atoms with Crippen LogP contribution in [0, 0.1) is 0 Å². The zero-order valence-corrected chi connectivity index (χ0v) is 22.8. The molecule has 0 aliphatic carbocycles. The van der Waals surface area contributed by atoms with Gasteiger partial charge >= 0.3 is 0 Å². The lowest BCUT2D eigenvalue weighted by molar-refractivity contribution is 0.00992. The van der Waals surface area contributed by atoms with E-state index in [0.717, 1.165) is 11.1 Å². The first-order valence-corrected chi connectivity index (χ1v) is 13.6. The maximum atomic E-state index is 13.0. The van der Waals surface area contributed by atoms with Crippen LogP contribution in [0.3, 0.4) is 0 Å². The Kier molecular flexibility index (Phi) is 11.8. The van der Waals surface area contributed by atoms with E-state index in [2.05, 4.69) is 15.3 Å². The number of aromatic nitrogens is 2. The second-order valence-electron chi connectivity index (χ2n) is 8.05. The lowest BCUT2D eigenvalue weighted by Crippen LogP contribution is -2.26. The molecule has 2 aliphatic heterocycles. The number of nitrogens with zero attached hydrogens (tertiary/aromatic N) is 3. The molecule has 1 unspecified atom stereocenters. The van der Waals surface area contributed by atoms with Crippen LogP contribution in [-0.2, 0) is 31.8 Å². The van der Waals surface area contributed by atoms with Gasteiger partial charge in [-0.1, -0.05) is 38.1 Å². The van der Waals surface area contributed by atoms with Gasteiger partial charge in [0.05, 0.1) is 56.4 Å². The number of benzene rings is 2. The van der Waals surface area contributed by atoms with Gasteiger partial charge in [-0.15, -0.1) is 0 Å². The highest BCUT2D eigenvalue weighted by molar-refractivity contribution is 7.82. The topological polar surface area (TPSA) is 129 Å². The summed E-state index contributed by atoms with van der Waals surface area (Å²) in [5.41, 5.74) is 8.68. The van der Waals surface area contributed by atoms with Crippen molar-refractivity contribution in [1.82, 2.24) is 14.3 Å². The lowest BCUT2D eigenvalue weighted by Gasteiger charge is -2.16. The first-order valence-electron chi connectivity index (χ1n) is 12.5. The van der Waals surface area contributed by atoms with Crippen molar-refractivity contribution in [2.45, 2.75) is 25.3 Å². The van der Waals surface area contributed by atoms with Gasteiger partial charge in [-0.05, 0) is 29.8 Å². The maximum Gasteiger partial charge on any atom is 0.278 e. The Balaban J connectivity index is 0.00000195. The number of hydrogen-bond donors (Lipinski definition) is 2. The fourth-order valence-corrected chi connectivity index (χ4v) is 4.43. The molecule has 6 bridgehead atoms. The molecule has 3 aromatic rings. The molecule has 0 saturated heterocycles. The Labute approximate surface area is 226 Å². The first-order chi connectivity index (χ1) is 18.5. The molecule has 0 saturated carbocycles. The van der Waals surface area contributed by atoms with Crippen LogP contribution in [0.5, 0.6) is 0 Å². The van der Waals surface area contributed by atoms with E-state index in [1.807, 2.05) is 32.0 Å². The molecule has 2 aliphatic rings. The minimum Gasteiger partial charge on any atom is -0.382 e. The van der Waals surface area contributed by atoms with E-state index in [0.29, 0.717) is 62.5 Å². The molecule has 3 heterocycles. The molecular weight excluding hydrogens is 506 g/mol. The summed E-state index contributed by atoms with van der Waals surface area (Å²) in [6.45, 7) is 7.07. The molecule has 5 rings (SSSR count). The molecule has 0 spiro atoms. The average Bonchev–Trinajstić information content (AvgIpc) is 2.94. The van der Waals surface area contributed by atoms with Gasteiger partial charge in [0.1, 0.15) is 11.0 Å². The fourth-order valence-electron chi connectivity index (χ4n) is 3.46. The van der Waals surface area contributed by atoms with Crippen LogP contribution in [0.2, 0.25) is 0 Å². The number of fused-ring (bicyclic) bond motifs is 14. The van der Waals surface area contributed by atoms with Crippen molar-refractivity contribution in [2.24, 2.45) is 0 Å². The average molecular weight is 542 g/mol. The molecule has 204 valence electrons. The molecule has 0 radical (unpaired) electrons. The molecule has 1 aromatic heterocycles. The molecule has 11 heteroatoms. The van der Waals surface area contributed by atoms with E-state index in [1.54, 1.807) is 41.7 Å². The van der Waals surface area contributed by atoms with Crippen molar-refractivity contribution in [2.75, 3.05) is 57.7 Å². The Morgan fingerprint density at radius 1 is 0.974 bits per heavy atom. The number of rotatable bonds is 0. The number of likely N-dealkylation sites (N-methyl/N-ethyl adjacent to an activating group) is 1. The van der Waals surface area contributed by atoms with Crippen LogP contribution >= 0.6 is 0 Å². The Morgan fingerprint density at radius 3 is 2.39 bits per heavy atom. The third-order valence-electron chi connectivity index (χ3n) is 5.40. The summed E-state index contributed by atoms with van der Waals surface area (Å²) in [5, 5.41) is 2.82. The van der Waals surface area contributed by atoms with Crippen molar-refractivity contribution in [3.63, 3.8) is 0 Å². The second-order valence-corrected chi connectivity index (χ2v) is 9.64. The van der Waals surface area contributed by atoms with Crippen LogP contribution in [0.15, 0.2) is 59.6 Å². The van der Waals surface area contributed by atoms with Gasteiger partial charge in [-0.3, -0.25) is 4.79 Å². The van der Waals surface area contributed by atoms with Crippen molar-refractivity contribution in [1.29, 1.82) is 0 Å². The number of carbonyl (C=O) groups is 1. The van der Waals surface area contributed by atoms with Crippen molar-refractivity contribution in [3.8, 4) is 11.3 Å². The molecule has 38 heavy (non-hydrogen) atoms. The van der Waals surface area contributed by atoms with Crippen molar-refractivity contribution in [3.05, 3.63) is 66.0 Å². The van der Waals surface area contributed by atoms with E-state index < -0.39 is 16.9 Å². The predicted octanol–water partition coefficient (Wildman–Crippen LogP) is 3.52. The fraction of sp³-hybridized carbons (Fsp3) is 0.370. The summed E-state index contributed by atoms with van der Waals surface area (Å²) in [4.78, 5) is 22.2. The van der Waals surface area contributed by atoms with Gasteiger partial charge in [0.15, 0.2) is 11.5 Å². The van der Waals surface area contributed by atoms with Gasteiger partial charge in [0.2, 0.25) is 0 Å². The van der Waals surface area contributed by atoms with Crippen LogP contribution in [0.4, 0.5) is 11.5 Å². The highest BCUT2D eigenvalue weighted by atomic mass is 32.2. The monoisotopic (exact) mass is 541 g/mol. The van der Waals surface area contributed by atoms with Gasteiger partial charge in [0.25, 0.3) is 5.91 Å². The normalized spacial score (nSPS) is 18.0. The number of amides is 1. The number of ether oxygens (including phenoxy) is 3. The van der Waals surface area contributed by atoms with E-state index in [-0.39, 0.29) is 11.5 Å². The van der Waals surface area contributed by atoms with E-state index in [1.165, 1.54) is 6.20 Å². The number of hydrogen-bond acceptors (Lipinski definition) is 8. The number of anilines is 2. The van der Waals surface area contributed by atoms with Gasteiger partial charge in [-0.25, -0.2) is 18.5 Å². The van der Waals surface area contributed by atoms with Crippen LogP contribution in [0.1, 0.15) is 29.9 Å². The predicted molar refractivity (Wildman–Crippen MR) is 148 cm³/mol. The Bertz CT molecular complexity index is 1210. The molecule has 10 nitrogen and oxygen atoms in total. The standard InChI is InChI=1S/C25H29N5O5S.C2H6/c1-30-9-10-33-11-12-34-13-14-35-17-18-3-2-4-20(15-18)28-25(31)23-24(26)27-16-22(29-23)19-5-7-21(8-6-19)36(30)32;1-2/h2-8,15-16H,9-14,17H2,1H3,(H2,26,27)(H,28,31);1-2H3. The van der Waals surface area contributed by atoms with E-state index in [9.17, 15) is 9.00 Å². The highest BCUT2D eigenvalue weighted by Crippen LogP contribution is 2.22. The molecular formula is C27H35N5O5S. The SMILES string of the molecule is CC.CN1CCOCCOCCOCc2cccc(c2)NC(=O)c2nc(cnc2N)-c2ccc(cc2)S1=O. The van der Waals surface area contributed by atoms with Gasteiger partial charge < -0.3 is 25.3 Å². The van der Waals surface area contributed by atoms with E-state index >= 15 is 0 Å². The molecule has 1 atom stereocenters. The van der Waals surface area contributed by atoms with E-state index in [4.69, 9.17) is 19.9 Å².